The molecule has 2 heterocycles. The maximum Gasteiger partial charge on any atom is 0.147 e. The van der Waals surface area contributed by atoms with E-state index in [0.29, 0.717) is 0 Å². The highest BCUT2D eigenvalue weighted by atomic mass is 32.1. The highest BCUT2D eigenvalue weighted by molar-refractivity contribution is 7.09. The molecule has 1 atom stereocenters. The molecule has 2 rings (SSSR count). The lowest BCUT2D eigenvalue weighted by molar-refractivity contribution is 0.737. The van der Waals surface area contributed by atoms with Crippen molar-refractivity contribution < 1.29 is 0 Å². The van der Waals surface area contributed by atoms with Crippen molar-refractivity contribution in [3.63, 3.8) is 0 Å². The first-order valence-corrected chi connectivity index (χ1v) is 6.37. The van der Waals surface area contributed by atoms with Crippen molar-refractivity contribution >= 4 is 23.0 Å². The fourth-order valence-corrected chi connectivity index (χ4v) is 2.25. The first-order valence-electron chi connectivity index (χ1n) is 5.49. The largest absolute Gasteiger partial charge is 0.372 e. The second-order valence-electron chi connectivity index (χ2n) is 3.52. The van der Waals surface area contributed by atoms with Crippen LogP contribution in [0.25, 0.3) is 0 Å². The molecular formula is C11H15N5S. The summed E-state index contributed by atoms with van der Waals surface area (Å²) in [5.41, 5.74) is 0. The van der Waals surface area contributed by atoms with E-state index in [0.717, 1.165) is 23.1 Å². The zero-order chi connectivity index (χ0) is 12.1. The second kappa shape index (κ2) is 5.58. The van der Waals surface area contributed by atoms with Crippen molar-refractivity contribution in [2.24, 2.45) is 0 Å². The summed E-state index contributed by atoms with van der Waals surface area (Å²) in [6, 6.07) is 0.191. The van der Waals surface area contributed by atoms with Crippen LogP contribution in [0.5, 0.6) is 0 Å². The van der Waals surface area contributed by atoms with Crippen LogP contribution in [0.1, 0.15) is 24.4 Å². The SMILES string of the molecule is CCC(Nc1cncc(NC)n1)c1nccs1. The van der Waals surface area contributed by atoms with E-state index in [2.05, 4.69) is 32.5 Å². The van der Waals surface area contributed by atoms with Crippen molar-refractivity contribution in [1.29, 1.82) is 0 Å². The molecule has 17 heavy (non-hydrogen) atoms. The van der Waals surface area contributed by atoms with Crippen LogP contribution in [0.3, 0.4) is 0 Å². The Bertz CT molecular complexity index is 457. The number of rotatable bonds is 5. The molecule has 2 aromatic rings. The van der Waals surface area contributed by atoms with Gasteiger partial charge in [-0.15, -0.1) is 11.3 Å². The Morgan fingerprint density at radius 2 is 2.18 bits per heavy atom. The quantitative estimate of drug-likeness (QED) is 0.852. The van der Waals surface area contributed by atoms with E-state index < -0.39 is 0 Å². The minimum absolute atomic E-state index is 0.191. The molecule has 90 valence electrons. The molecule has 2 N–H and O–H groups in total. The summed E-state index contributed by atoms with van der Waals surface area (Å²) in [7, 11) is 1.83. The van der Waals surface area contributed by atoms with Crippen molar-refractivity contribution in [1.82, 2.24) is 15.0 Å². The summed E-state index contributed by atoms with van der Waals surface area (Å²) in [6.45, 7) is 2.12. The van der Waals surface area contributed by atoms with Crippen LogP contribution in [0.4, 0.5) is 11.6 Å². The first-order chi connectivity index (χ1) is 8.33. The molecule has 0 aromatic carbocycles. The summed E-state index contributed by atoms with van der Waals surface area (Å²) in [5.74, 6) is 1.52. The van der Waals surface area contributed by atoms with Crippen LogP contribution in [0, 0.1) is 0 Å². The number of thiazole rings is 1. The molecule has 0 radical (unpaired) electrons. The third kappa shape index (κ3) is 2.91. The normalized spacial score (nSPS) is 12.1. The lowest BCUT2D eigenvalue weighted by Crippen LogP contribution is -2.11. The Hall–Kier alpha value is -1.69. The summed E-state index contributed by atoms with van der Waals surface area (Å²) in [4.78, 5) is 12.8. The minimum Gasteiger partial charge on any atom is -0.372 e. The Kier molecular flexibility index (Phi) is 3.87. The lowest BCUT2D eigenvalue weighted by atomic mass is 10.2. The molecule has 0 aliphatic rings. The maximum atomic E-state index is 4.38. The van der Waals surface area contributed by atoms with E-state index in [1.807, 2.05) is 18.6 Å². The predicted molar refractivity (Wildman–Crippen MR) is 70.3 cm³/mol. The van der Waals surface area contributed by atoms with Crippen molar-refractivity contribution in [3.8, 4) is 0 Å². The van der Waals surface area contributed by atoms with Crippen molar-refractivity contribution in [2.45, 2.75) is 19.4 Å². The lowest BCUT2D eigenvalue weighted by Gasteiger charge is -2.15. The summed E-state index contributed by atoms with van der Waals surface area (Å²) < 4.78 is 0. The van der Waals surface area contributed by atoms with Gasteiger partial charge in [-0.2, -0.15) is 0 Å². The Morgan fingerprint density at radius 3 is 2.82 bits per heavy atom. The van der Waals surface area contributed by atoms with Crippen LogP contribution in [0.15, 0.2) is 24.0 Å². The fraction of sp³-hybridized carbons (Fsp3) is 0.364. The van der Waals surface area contributed by atoms with E-state index >= 15 is 0 Å². The van der Waals surface area contributed by atoms with E-state index in [-0.39, 0.29) is 6.04 Å². The van der Waals surface area contributed by atoms with Gasteiger partial charge < -0.3 is 10.6 Å². The molecule has 1 unspecified atom stereocenters. The third-order valence-corrected chi connectivity index (χ3v) is 3.26. The van der Waals surface area contributed by atoms with Gasteiger partial charge in [0.25, 0.3) is 0 Å². The van der Waals surface area contributed by atoms with E-state index in [9.17, 15) is 0 Å². The molecule has 0 fully saturated rings. The molecular weight excluding hydrogens is 234 g/mol. The van der Waals surface area contributed by atoms with E-state index in [1.165, 1.54) is 0 Å². The molecule has 0 saturated carbocycles. The number of hydrogen-bond donors (Lipinski definition) is 2. The average Bonchev–Trinajstić information content (AvgIpc) is 2.90. The zero-order valence-electron chi connectivity index (χ0n) is 9.84. The molecule has 0 bridgehead atoms. The van der Waals surface area contributed by atoms with Crippen molar-refractivity contribution in [3.05, 3.63) is 29.0 Å². The monoisotopic (exact) mass is 249 g/mol. The Morgan fingerprint density at radius 1 is 1.35 bits per heavy atom. The fourth-order valence-electron chi connectivity index (χ4n) is 1.48. The van der Waals surface area contributed by atoms with Crippen LogP contribution in [-0.2, 0) is 0 Å². The Labute approximate surface area is 104 Å². The van der Waals surface area contributed by atoms with Gasteiger partial charge in [-0.25, -0.2) is 9.97 Å². The average molecular weight is 249 g/mol. The predicted octanol–water partition coefficient (Wildman–Crippen LogP) is 2.54. The van der Waals surface area contributed by atoms with Gasteiger partial charge in [0.1, 0.15) is 16.6 Å². The molecule has 5 nitrogen and oxygen atoms in total. The molecule has 0 spiro atoms. The highest BCUT2D eigenvalue weighted by Gasteiger charge is 2.12. The topological polar surface area (TPSA) is 62.7 Å². The number of anilines is 2. The molecule has 2 aromatic heterocycles. The third-order valence-electron chi connectivity index (χ3n) is 2.37. The smallest absolute Gasteiger partial charge is 0.147 e. The van der Waals surface area contributed by atoms with Crippen LogP contribution < -0.4 is 10.6 Å². The van der Waals surface area contributed by atoms with Gasteiger partial charge in [0.05, 0.1) is 18.4 Å². The van der Waals surface area contributed by atoms with Gasteiger partial charge in [-0.1, -0.05) is 6.92 Å². The Balaban J connectivity index is 2.13. The summed E-state index contributed by atoms with van der Waals surface area (Å²) in [5, 5.41) is 9.36. The zero-order valence-corrected chi connectivity index (χ0v) is 10.7. The standard InChI is InChI=1S/C11H15N5S/c1-3-8(11-14-4-5-17-11)15-10-7-13-6-9(12-2)16-10/h4-8H,3H2,1-2H3,(H2,12,15,16). The van der Waals surface area contributed by atoms with Crippen LogP contribution in [-0.4, -0.2) is 22.0 Å². The molecule has 0 aliphatic carbocycles. The van der Waals surface area contributed by atoms with Gasteiger partial charge in [0, 0.05) is 18.6 Å². The first kappa shape index (κ1) is 11.8. The van der Waals surface area contributed by atoms with Crippen molar-refractivity contribution in [2.75, 3.05) is 17.7 Å². The number of aromatic nitrogens is 3. The summed E-state index contributed by atoms with van der Waals surface area (Å²) in [6.07, 6.45) is 6.19. The van der Waals surface area contributed by atoms with E-state index in [4.69, 9.17) is 0 Å². The minimum atomic E-state index is 0.191. The molecule has 0 amide bonds. The second-order valence-corrected chi connectivity index (χ2v) is 4.44. The van der Waals surface area contributed by atoms with Gasteiger partial charge in [-0.3, -0.25) is 4.98 Å². The molecule has 0 aliphatic heterocycles. The van der Waals surface area contributed by atoms with Gasteiger partial charge in [0.2, 0.25) is 0 Å². The van der Waals surface area contributed by atoms with Gasteiger partial charge >= 0.3 is 0 Å². The number of nitrogens with zero attached hydrogens (tertiary/aromatic N) is 3. The van der Waals surface area contributed by atoms with E-state index in [1.54, 1.807) is 23.7 Å². The molecule has 0 saturated heterocycles. The maximum absolute atomic E-state index is 4.38. The van der Waals surface area contributed by atoms with Gasteiger partial charge in [-0.05, 0) is 6.42 Å². The van der Waals surface area contributed by atoms with Crippen LogP contribution >= 0.6 is 11.3 Å². The number of hydrogen-bond acceptors (Lipinski definition) is 6. The summed E-state index contributed by atoms with van der Waals surface area (Å²) >= 11 is 1.65. The van der Waals surface area contributed by atoms with Crippen LogP contribution in [0.2, 0.25) is 0 Å². The number of nitrogens with one attached hydrogen (secondary N) is 2. The molecule has 6 heteroatoms. The van der Waals surface area contributed by atoms with Gasteiger partial charge in [0.15, 0.2) is 0 Å². The highest BCUT2D eigenvalue weighted by Crippen LogP contribution is 2.23.